The van der Waals surface area contributed by atoms with Gasteiger partial charge in [0.15, 0.2) is 0 Å². The first-order valence-corrected chi connectivity index (χ1v) is 7.80. The molecule has 0 radical (unpaired) electrons. The Morgan fingerprint density at radius 1 is 1.04 bits per heavy atom. The monoisotopic (exact) mass is 363 g/mol. The number of urea groups is 1. The van der Waals surface area contributed by atoms with E-state index in [1.54, 1.807) is 31.2 Å². The van der Waals surface area contributed by atoms with Crippen molar-refractivity contribution >= 4 is 23.3 Å². The fourth-order valence-electron chi connectivity index (χ4n) is 2.26. The number of rotatable bonds is 6. The van der Waals surface area contributed by atoms with Gasteiger partial charge in [-0.3, -0.25) is 4.79 Å². The molecule has 6 nitrogen and oxygen atoms in total. The van der Waals surface area contributed by atoms with Gasteiger partial charge in [0.1, 0.15) is 18.2 Å². The lowest BCUT2D eigenvalue weighted by atomic mass is 10.1. The van der Waals surface area contributed by atoms with Gasteiger partial charge in [-0.25, -0.2) is 13.6 Å². The lowest BCUT2D eigenvalue weighted by Gasteiger charge is -2.16. The number of halogens is 2. The van der Waals surface area contributed by atoms with E-state index in [0.717, 1.165) is 12.1 Å². The van der Waals surface area contributed by atoms with Crippen molar-refractivity contribution in [2.45, 2.75) is 13.0 Å². The number of ether oxygens (including phenoxy) is 1. The quantitative estimate of drug-likeness (QED) is 0.736. The molecule has 2 rings (SSSR count). The molecule has 0 saturated heterocycles. The number of hydrogen-bond donors (Lipinski definition) is 3. The minimum Gasteiger partial charge on any atom is -0.375 e. The number of amides is 3. The fourth-order valence-corrected chi connectivity index (χ4v) is 2.26. The second kappa shape index (κ2) is 8.91. The molecule has 138 valence electrons. The van der Waals surface area contributed by atoms with Gasteiger partial charge >= 0.3 is 6.03 Å². The molecule has 1 atom stereocenters. The Kier molecular flexibility index (Phi) is 6.62. The highest BCUT2D eigenvalue weighted by Gasteiger charge is 2.14. The predicted molar refractivity (Wildman–Crippen MR) is 93.9 cm³/mol. The van der Waals surface area contributed by atoms with E-state index in [4.69, 9.17) is 4.74 Å². The summed E-state index contributed by atoms with van der Waals surface area (Å²) >= 11 is 0. The number of methoxy groups -OCH3 is 1. The van der Waals surface area contributed by atoms with Crippen LogP contribution in [0.3, 0.4) is 0 Å². The molecule has 0 bridgehead atoms. The van der Waals surface area contributed by atoms with Crippen LogP contribution in [0.5, 0.6) is 0 Å². The summed E-state index contributed by atoms with van der Waals surface area (Å²) in [6.07, 6.45) is 0. The molecular weight excluding hydrogens is 344 g/mol. The SMILES string of the molecule is COCC(=O)Nc1ccc(NC(=O)NC(C)c2ccc(F)cc2F)cc1. The minimum atomic E-state index is -0.728. The van der Waals surface area contributed by atoms with Crippen molar-refractivity contribution in [1.82, 2.24) is 5.32 Å². The lowest BCUT2D eigenvalue weighted by molar-refractivity contribution is -0.119. The second-order valence-corrected chi connectivity index (χ2v) is 5.54. The van der Waals surface area contributed by atoms with Crippen LogP contribution in [0.1, 0.15) is 18.5 Å². The molecule has 3 amide bonds. The molecule has 3 N–H and O–H groups in total. The fraction of sp³-hybridized carbons (Fsp3) is 0.222. The van der Waals surface area contributed by atoms with E-state index >= 15 is 0 Å². The Balaban J connectivity index is 1.91. The van der Waals surface area contributed by atoms with Crippen molar-refractivity contribution in [2.24, 2.45) is 0 Å². The molecule has 1 unspecified atom stereocenters. The highest BCUT2D eigenvalue weighted by molar-refractivity contribution is 5.93. The molecule has 8 heteroatoms. The van der Waals surface area contributed by atoms with Gasteiger partial charge in [-0.15, -0.1) is 0 Å². The topological polar surface area (TPSA) is 79.5 Å². The summed E-state index contributed by atoms with van der Waals surface area (Å²) in [5.41, 5.74) is 1.22. The van der Waals surface area contributed by atoms with Gasteiger partial charge in [0, 0.05) is 30.1 Å². The number of benzene rings is 2. The summed E-state index contributed by atoms with van der Waals surface area (Å²) in [4.78, 5) is 23.4. The summed E-state index contributed by atoms with van der Waals surface area (Å²) in [5.74, 6) is -1.70. The molecule has 0 saturated carbocycles. The number of anilines is 2. The van der Waals surface area contributed by atoms with Crippen LogP contribution in [-0.2, 0) is 9.53 Å². The maximum Gasteiger partial charge on any atom is 0.319 e. The zero-order valence-corrected chi connectivity index (χ0v) is 14.3. The highest BCUT2D eigenvalue weighted by Crippen LogP contribution is 2.18. The van der Waals surface area contributed by atoms with E-state index in [1.807, 2.05) is 0 Å². The largest absolute Gasteiger partial charge is 0.375 e. The maximum atomic E-state index is 13.7. The average Bonchev–Trinajstić information content (AvgIpc) is 2.56. The van der Waals surface area contributed by atoms with E-state index in [2.05, 4.69) is 16.0 Å². The van der Waals surface area contributed by atoms with Gasteiger partial charge in [0.05, 0.1) is 6.04 Å². The maximum absolute atomic E-state index is 13.7. The van der Waals surface area contributed by atoms with Crippen LogP contribution in [0.2, 0.25) is 0 Å². The van der Waals surface area contributed by atoms with Crippen LogP contribution in [0.25, 0.3) is 0 Å². The number of hydrogen-bond acceptors (Lipinski definition) is 3. The number of carbonyl (C=O) groups excluding carboxylic acids is 2. The summed E-state index contributed by atoms with van der Waals surface area (Å²) < 4.78 is 31.4. The van der Waals surface area contributed by atoms with Crippen molar-refractivity contribution in [3.05, 3.63) is 59.7 Å². The minimum absolute atomic E-state index is 0.0553. The van der Waals surface area contributed by atoms with Crippen molar-refractivity contribution < 1.29 is 23.1 Å². The highest BCUT2D eigenvalue weighted by atomic mass is 19.1. The molecule has 0 spiro atoms. The lowest BCUT2D eigenvalue weighted by Crippen LogP contribution is -2.31. The molecular formula is C18H19F2N3O3. The molecule has 0 aromatic heterocycles. The van der Waals surface area contributed by atoms with Crippen LogP contribution >= 0.6 is 0 Å². The summed E-state index contributed by atoms with van der Waals surface area (Å²) in [6, 6.07) is 8.43. The Morgan fingerprint density at radius 3 is 2.23 bits per heavy atom. The Labute approximate surface area is 149 Å². The second-order valence-electron chi connectivity index (χ2n) is 5.54. The molecule has 0 heterocycles. The molecule has 2 aromatic carbocycles. The van der Waals surface area contributed by atoms with E-state index in [0.29, 0.717) is 11.4 Å². The number of carbonyl (C=O) groups is 2. The van der Waals surface area contributed by atoms with Crippen LogP contribution in [0.15, 0.2) is 42.5 Å². The molecule has 2 aromatic rings. The van der Waals surface area contributed by atoms with Gasteiger partial charge in [-0.2, -0.15) is 0 Å². The predicted octanol–water partition coefficient (Wildman–Crippen LogP) is 3.43. The van der Waals surface area contributed by atoms with Crippen LogP contribution in [-0.4, -0.2) is 25.7 Å². The van der Waals surface area contributed by atoms with E-state index in [1.165, 1.54) is 13.2 Å². The molecule has 26 heavy (non-hydrogen) atoms. The Morgan fingerprint density at radius 2 is 1.65 bits per heavy atom. The first-order chi connectivity index (χ1) is 12.4. The van der Waals surface area contributed by atoms with Gasteiger partial charge in [0.2, 0.25) is 5.91 Å². The van der Waals surface area contributed by atoms with Gasteiger partial charge in [-0.1, -0.05) is 6.07 Å². The van der Waals surface area contributed by atoms with Crippen molar-refractivity contribution in [1.29, 1.82) is 0 Å². The Hall–Kier alpha value is -3.00. The van der Waals surface area contributed by atoms with Crippen molar-refractivity contribution in [2.75, 3.05) is 24.4 Å². The molecule has 0 fully saturated rings. The van der Waals surface area contributed by atoms with E-state index in [9.17, 15) is 18.4 Å². The normalized spacial score (nSPS) is 11.5. The zero-order chi connectivity index (χ0) is 19.1. The Bertz CT molecular complexity index is 782. The van der Waals surface area contributed by atoms with Crippen molar-refractivity contribution in [3.8, 4) is 0 Å². The first kappa shape index (κ1) is 19.3. The average molecular weight is 363 g/mol. The van der Waals surface area contributed by atoms with Crippen LogP contribution < -0.4 is 16.0 Å². The van der Waals surface area contributed by atoms with Gasteiger partial charge in [-0.05, 0) is 37.3 Å². The van der Waals surface area contributed by atoms with E-state index < -0.39 is 23.7 Å². The molecule has 0 aliphatic heterocycles. The third kappa shape index (κ3) is 5.52. The zero-order valence-electron chi connectivity index (χ0n) is 14.3. The third-order valence-corrected chi connectivity index (χ3v) is 3.48. The summed E-state index contributed by atoms with van der Waals surface area (Å²) in [7, 11) is 1.42. The molecule has 0 aliphatic carbocycles. The summed E-state index contributed by atoms with van der Waals surface area (Å²) in [5, 5.41) is 7.79. The van der Waals surface area contributed by atoms with Crippen LogP contribution in [0, 0.1) is 11.6 Å². The molecule has 0 aliphatic rings. The van der Waals surface area contributed by atoms with Gasteiger partial charge in [0.25, 0.3) is 0 Å². The van der Waals surface area contributed by atoms with Crippen molar-refractivity contribution in [3.63, 3.8) is 0 Å². The number of nitrogens with one attached hydrogen (secondary N) is 3. The van der Waals surface area contributed by atoms with E-state index in [-0.39, 0.29) is 18.1 Å². The third-order valence-electron chi connectivity index (χ3n) is 3.48. The van der Waals surface area contributed by atoms with Gasteiger partial charge < -0.3 is 20.7 Å². The first-order valence-electron chi connectivity index (χ1n) is 7.80. The summed E-state index contributed by atoms with van der Waals surface area (Å²) in [6.45, 7) is 1.53. The smallest absolute Gasteiger partial charge is 0.319 e. The van der Waals surface area contributed by atoms with Crippen LogP contribution in [0.4, 0.5) is 25.0 Å². The standard InChI is InChI=1S/C18H19F2N3O3/c1-11(15-8-3-12(19)9-16(15)20)21-18(25)23-14-6-4-13(5-7-14)22-17(24)10-26-2/h3-9,11H,10H2,1-2H3,(H,22,24)(H2,21,23,25).